The molecule has 4 aromatic carbocycles. The van der Waals surface area contributed by atoms with Crippen LogP contribution < -0.4 is 24.4 Å². The Balaban J connectivity index is 1.35. The van der Waals surface area contributed by atoms with Crippen molar-refractivity contribution in [3.05, 3.63) is 121 Å². The molecule has 1 aliphatic heterocycles. The van der Waals surface area contributed by atoms with E-state index in [4.69, 9.17) is 60.6 Å². The highest BCUT2D eigenvalue weighted by Gasteiger charge is 2.37. The highest BCUT2D eigenvalue weighted by molar-refractivity contribution is 6.39. The standard InChI is InChI=1S/C33H24Cl4N2O6/c1-2-43-29-15-20(14-28(37)30(29)45-17-19-4-3-5-22(34)12-19)13-26-31(40)38-33(42)39(32(26)41)24-8-10-25(11-9-24)44-18-21-6-7-23(35)16-27(21)36/h3-16H,2,17-18H2,1H3,(H,38,40,42)/b26-13+. The summed E-state index contributed by atoms with van der Waals surface area (Å²) in [5.74, 6) is -0.599. The number of urea groups is 1. The molecule has 4 aromatic rings. The van der Waals surface area contributed by atoms with Gasteiger partial charge in [0.25, 0.3) is 11.8 Å². The minimum atomic E-state index is -0.887. The zero-order valence-electron chi connectivity index (χ0n) is 23.6. The fourth-order valence-corrected chi connectivity index (χ4v) is 5.36. The molecule has 1 saturated heterocycles. The number of hydrogen-bond donors (Lipinski definition) is 1. The molecule has 0 atom stereocenters. The van der Waals surface area contributed by atoms with E-state index >= 15 is 0 Å². The number of rotatable bonds is 10. The Bertz CT molecular complexity index is 1810. The predicted octanol–water partition coefficient (Wildman–Crippen LogP) is 8.52. The molecule has 0 saturated carbocycles. The summed E-state index contributed by atoms with van der Waals surface area (Å²) < 4.78 is 17.5. The molecule has 4 amide bonds. The molecule has 5 rings (SSSR count). The maximum atomic E-state index is 13.5. The van der Waals surface area contributed by atoms with E-state index in [-0.39, 0.29) is 35.2 Å². The molecule has 0 radical (unpaired) electrons. The van der Waals surface area contributed by atoms with Crippen molar-refractivity contribution in [3.63, 3.8) is 0 Å². The third-order valence-corrected chi connectivity index (χ3v) is 7.62. The zero-order chi connectivity index (χ0) is 32.1. The van der Waals surface area contributed by atoms with Gasteiger partial charge in [0.15, 0.2) is 11.5 Å². The van der Waals surface area contributed by atoms with Gasteiger partial charge in [-0.15, -0.1) is 0 Å². The van der Waals surface area contributed by atoms with Crippen molar-refractivity contribution in [2.45, 2.75) is 20.1 Å². The molecule has 0 unspecified atom stereocenters. The van der Waals surface area contributed by atoms with E-state index in [1.54, 1.807) is 55.5 Å². The van der Waals surface area contributed by atoms with Gasteiger partial charge in [0.05, 0.1) is 17.3 Å². The number of imide groups is 2. The summed E-state index contributed by atoms with van der Waals surface area (Å²) >= 11 is 24.8. The van der Waals surface area contributed by atoms with Crippen LogP contribution in [0.3, 0.4) is 0 Å². The third-order valence-electron chi connectivity index (χ3n) is 6.52. The first-order chi connectivity index (χ1) is 21.6. The molecule has 0 bridgehead atoms. The molecule has 0 spiro atoms. The minimum Gasteiger partial charge on any atom is -0.490 e. The fraction of sp³-hybridized carbons (Fsp3) is 0.121. The Labute approximate surface area is 279 Å². The monoisotopic (exact) mass is 684 g/mol. The largest absolute Gasteiger partial charge is 0.490 e. The van der Waals surface area contributed by atoms with Crippen molar-refractivity contribution in [2.75, 3.05) is 11.5 Å². The fourth-order valence-electron chi connectivity index (χ4n) is 4.41. The number of benzene rings is 4. The Morgan fingerprint density at radius 3 is 2.24 bits per heavy atom. The first-order valence-electron chi connectivity index (χ1n) is 13.5. The SMILES string of the molecule is CCOc1cc(/C=C2\C(=O)NC(=O)N(c3ccc(OCc4ccc(Cl)cc4Cl)cc3)C2=O)cc(Cl)c1OCc1cccc(Cl)c1. The zero-order valence-corrected chi connectivity index (χ0v) is 26.6. The number of amides is 4. The van der Waals surface area contributed by atoms with E-state index in [0.29, 0.717) is 38.7 Å². The normalized spacial score (nSPS) is 14.0. The highest BCUT2D eigenvalue weighted by Crippen LogP contribution is 2.38. The molecule has 45 heavy (non-hydrogen) atoms. The van der Waals surface area contributed by atoms with Crippen LogP contribution in [0.25, 0.3) is 6.08 Å². The second kappa shape index (κ2) is 14.3. The Hall–Kier alpha value is -4.21. The van der Waals surface area contributed by atoms with E-state index < -0.39 is 17.8 Å². The van der Waals surface area contributed by atoms with E-state index in [1.165, 1.54) is 24.3 Å². The van der Waals surface area contributed by atoms with E-state index in [9.17, 15) is 14.4 Å². The molecule has 1 heterocycles. The molecule has 12 heteroatoms. The van der Waals surface area contributed by atoms with Crippen molar-refractivity contribution < 1.29 is 28.6 Å². The van der Waals surface area contributed by atoms with Gasteiger partial charge in [-0.3, -0.25) is 14.9 Å². The van der Waals surface area contributed by atoms with Crippen LogP contribution in [0.15, 0.2) is 84.4 Å². The molecule has 8 nitrogen and oxygen atoms in total. The quantitative estimate of drug-likeness (QED) is 0.133. The lowest BCUT2D eigenvalue weighted by Crippen LogP contribution is -2.54. The van der Waals surface area contributed by atoms with Crippen molar-refractivity contribution in [1.82, 2.24) is 5.32 Å². The highest BCUT2D eigenvalue weighted by atomic mass is 35.5. The lowest BCUT2D eigenvalue weighted by Gasteiger charge is -2.26. The summed E-state index contributed by atoms with van der Waals surface area (Å²) in [5.41, 5.74) is 1.89. The lowest BCUT2D eigenvalue weighted by molar-refractivity contribution is -0.122. The molecule has 0 aliphatic carbocycles. The predicted molar refractivity (Wildman–Crippen MR) is 175 cm³/mol. The topological polar surface area (TPSA) is 94.2 Å². The number of barbiturate groups is 1. The Morgan fingerprint density at radius 2 is 1.53 bits per heavy atom. The van der Waals surface area contributed by atoms with Crippen LogP contribution in [0, 0.1) is 0 Å². The first kappa shape index (κ1) is 32.2. The Kier molecular flexibility index (Phi) is 10.2. The Morgan fingerprint density at radius 1 is 0.778 bits per heavy atom. The average molecular weight is 686 g/mol. The van der Waals surface area contributed by atoms with Gasteiger partial charge in [0, 0.05) is 20.6 Å². The van der Waals surface area contributed by atoms with Crippen molar-refractivity contribution in [2.24, 2.45) is 0 Å². The number of ether oxygens (including phenoxy) is 3. The molecule has 1 N–H and O–H groups in total. The second-order valence-electron chi connectivity index (χ2n) is 9.66. The summed E-state index contributed by atoms with van der Waals surface area (Å²) in [6.45, 7) is 2.45. The van der Waals surface area contributed by atoms with Crippen LogP contribution >= 0.6 is 46.4 Å². The van der Waals surface area contributed by atoms with Gasteiger partial charge in [0.2, 0.25) is 0 Å². The molecule has 230 valence electrons. The maximum Gasteiger partial charge on any atom is 0.335 e. The summed E-state index contributed by atoms with van der Waals surface area (Å²) in [6.07, 6.45) is 1.33. The van der Waals surface area contributed by atoms with Crippen molar-refractivity contribution in [3.8, 4) is 17.2 Å². The van der Waals surface area contributed by atoms with Crippen molar-refractivity contribution in [1.29, 1.82) is 0 Å². The van der Waals surface area contributed by atoms with Gasteiger partial charge in [-0.1, -0.05) is 64.6 Å². The number of nitrogens with one attached hydrogen (secondary N) is 1. The number of hydrogen-bond acceptors (Lipinski definition) is 6. The summed E-state index contributed by atoms with van der Waals surface area (Å²) in [6, 6.07) is 20.8. The van der Waals surface area contributed by atoms with E-state index in [0.717, 1.165) is 16.0 Å². The van der Waals surface area contributed by atoms with Gasteiger partial charge in [0.1, 0.15) is 24.5 Å². The van der Waals surface area contributed by atoms with Gasteiger partial charge in [-0.05, 0) is 84.8 Å². The third kappa shape index (κ3) is 7.72. The van der Waals surface area contributed by atoms with Gasteiger partial charge >= 0.3 is 6.03 Å². The number of nitrogens with zero attached hydrogens (tertiary/aromatic N) is 1. The van der Waals surface area contributed by atoms with Crippen LogP contribution in [-0.2, 0) is 22.8 Å². The summed E-state index contributed by atoms with van der Waals surface area (Å²) in [5, 5.41) is 3.96. The molecule has 0 aromatic heterocycles. The maximum absolute atomic E-state index is 13.5. The number of carbonyl (C=O) groups is 3. The number of carbonyl (C=O) groups excluding carboxylic acids is 3. The van der Waals surface area contributed by atoms with Gasteiger partial charge in [-0.2, -0.15) is 0 Å². The summed E-state index contributed by atoms with van der Waals surface area (Å²) in [4.78, 5) is 39.9. The summed E-state index contributed by atoms with van der Waals surface area (Å²) in [7, 11) is 0. The van der Waals surface area contributed by atoms with E-state index in [2.05, 4.69) is 5.32 Å². The smallest absolute Gasteiger partial charge is 0.335 e. The van der Waals surface area contributed by atoms with Crippen LogP contribution in [0.4, 0.5) is 10.5 Å². The van der Waals surface area contributed by atoms with Crippen LogP contribution in [0.5, 0.6) is 17.2 Å². The first-order valence-corrected chi connectivity index (χ1v) is 15.1. The van der Waals surface area contributed by atoms with E-state index in [1.807, 2.05) is 12.1 Å². The number of halogens is 4. The lowest BCUT2D eigenvalue weighted by atomic mass is 10.1. The molecular formula is C33H24Cl4N2O6. The molecule has 1 aliphatic rings. The van der Waals surface area contributed by atoms with Crippen molar-refractivity contribution >= 4 is 76.0 Å². The molecule has 1 fully saturated rings. The average Bonchev–Trinajstić information content (AvgIpc) is 2.99. The van der Waals surface area contributed by atoms with Crippen LogP contribution in [0.1, 0.15) is 23.6 Å². The van der Waals surface area contributed by atoms with Crippen LogP contribution in [-0.4, -0.2) is 24.5 Å². The van der Waals surface area contributed by atoms with Gasteiger partial charge in [-0.25, -0.2) is 9.69 Å². The number of anilines is 1. The minimum absolute atomic E-state index is 0.177. The van der Waals surface area contributed by atoms with Crippen LogP contribution in [0.2, 0.25) is 20.1 Å². The second-order valence-corrected chi connectivity index (χ2v) is 11.3. The van der Waals surface area contributed by atoms with Gasteiger partial charge < -0.3 is 14.2 Å². The molecular weight excluding hydrogens is 662 g/mol.